The molecule has 1 aromatic heterocycles. The Morgan fingerprint density at radius 3 is 3.00 bits per heavy atom. The van der Waals surface area contributed by atoms with Crippen LogP contribution in [0.2, 0.25) is 0 Å². The van der Waals surface area contributed by atoms with E-state index in [1.165, 1.54) is 11.3 Å². The lowest BCUT2D eigenvalue weighted by Crippen LogP contribution is -1.94. The van der Waals surface area contributed by atoms with Gasteiger partial charge in [0.1, 0.15) is 16.8 Å². The van der Waals surface area contributed by atoms with Crippen molar-refractivity contribution in [2.75, 3.05) is 6.61 Å². The number of nitrogens with two attached hydrogens (primary N) is 1. The maximum atomic E-state index is 9.08. The first-order chi connectivity index (χ1) is 8.78. The van der Waals surface area contributed by atoms with Crippen molar-refractivity contribution in [2.45, 2.75) is 13.5 Å². The van der Waals surface area contributed by atoms with Crippen molar-refractivity contribution in [1.82, 2.24) is 4.98 Å². The molecule has 0 spiro atoms. The standard InChI is InChI=1S/C13H13N3OS/c1-2-17-10-5-3-4-9(6-10)13-11(7-14)16-12(8-15)18-13/h3-6H,2,8,15H2,1H3. The van der Waals surface area contributed by atoms with Gasteiger partial charge in [-0.15, -0.1) is 11.3 Å². The maximum absolute atomic E-state index is 9.08. The number of hydrogen-bond donors (Lipinski definition) is 1. The Kier molecular flexibility index (Phi) is 3.92. The van der Waals surface area contributed by atoms with Crippen LogP contribution in [0.5, 0.6) is 5.75 Å². The first-order valence-electron chi connectivity index (χ1n) is 5.61. The molecule has 0 fully saturated rings. The summed E-state index contributed by atoms with van der Waals surface area (Å²) >= 11 is 1.45. The predicted molar refractivity (Wildman–Crippen MR) is 71.3 cm³/mol. The molecule has 0 aliphatic carbocycles. The summed E-state index contributed by atoms with van der Waals surface area (Å²) in [7, 11) is 0. The van der Waals surface area contributed by atoms with Gasteiger partial charge in [0.25, 0.3) is 0 Å². The summed E-state index contributed by atoms with van der Waals surface area (Å²) in [6.07, 6.45) is 0. The van der Waals surface area contributed by atoms with Gasteiger partial charge in [-0.05, 0) is 24.6 Å². The third kappa shape index (κ3) is 2.50. The highest BCUT2D eigenvalue weighted by Gasteiger charge is 2.12. The monoisotopic (exact) mass is 259 g/mol. The van der Waals surface area contributed by atoms with Crippen LogP contribution in [-0.4, -0.2) is 11.6 Å². The second kappa shape index (κ2) is 5.63. The molecular formula is C13H13N3OS. The third-order valence-electron chi connectivity index (χ3n) is 2.36. The molecule has 92 valence electrons. The maximum Gasteiger partial charge on any atom is 0.159 e. The molecule has 18 heavy (non-hydrogen) atoms. The van der Waals surface area contributed by atoms with E-state index in [-0.39, 0.29) is 0 Å². The summed E-state index contributed by atoms with van der Waals surface area (Å²) in [4.78, 5) is 5.04. The molecule has 0 saturated heterocycles. The number of ether oxygens (including phenoxy) is 1. The molecule has 0 aliphatic rings. The van der Waals surface area contributed by atoms with E-state index in [0.717, 1.165) is 21.2 Å². The second-order valence-corrected chi connectivity index (χ2v) is 4.65. The van der Waals surface area contributed by atoms with E-state index in [1.807, 2.05) is 31.2 Å². The number of hydrogen-bond acceptors (Lipinski definition) is 5. The van der Waals surface area contributed by atoms with Crippen LogP contribution in [-0.2, 0) is 6.54 Å². The molecular weight excluding hydrogens is 246 g/mol. The minimum atomic E-state index is 0.352. The van der Waals surface area contributed by atoms with Crippen molar-refractivity contribution in [3.63, 3.8) is 0 Å². The van der Waals surface area contributed by atoms with Gasteiger partial charge < -0.3 is 10.5 Å². The largest absolute Gasteiger partial charge is 0.494 e. The van der Waals surface area contributed by atoms with E-state index in [0.29, 0.717) is 18.8 Å². The third-order valence-corrected chi connectivity index (χ3v) is 3.49. The number of rotatable bonds is 4. The van der Waals surface area contributed by atoms with E-state index in [9.17, 15) is 0 Å². The van der Waals surface area contributed by atoms with Crippen LogP contribution in [0.15, 0.2) is 24.3 Å². The van der Waals surface area contributed by atoms with Crippen molar-refractivity contribution in [1.29, 1.82) is 5.26 Å². The Balaban J connectivity index is 2.44. The van der Waals surface area contributed by atoms with Crippen molar-refractivity contribution < 1.29 is 4.74 Å². The zero-order chi connectivity index (χ0) is 13.0. The molecule has 5 heteroatoms. The SMILES string of the molecule is CCOc1cccc(-c2sc(CN)nc2C#N)c1. The Labute approximate surface area is 110 Å². The number of nitrogens with zero attached hydrogens (tertiary/aromatic N) is 2. The van der Waals surface area contributed by atoms with Crippen LogP contribution in [0.25, 0.3) is 10.4 Å². The average Bonchev–Trinajstić information content (AvgIpc) is 2.83. The lowest BCUT2D eigenvalue weighted by Gasteiger charge is -2.04. The summed E-state index contributed by atoms with van der Waals surface area (Å²) in [6, 6.07) is 9.76. The summed E-state index contributed by atoms with van der Waals surface area (Å²) in [5.41, 5.74) is 6.92. The normalized spacial score (nSPS) is 10.1. The fourth-order valence-corrected chi connectivity index (χ4v) is 2.51. The van der Waals surface area contributed by atoms with Crippen LogP contribution in [0.3, 0.4) is 0 Å². The van der Waals surface area contributed by atoms with Crippen LogP contribution in [0.4, 0.5) is 0 Å². The van der Waals surface area contributed by atoms with Gasteiger partial charge >= 0.3 is 0 Å². The van der Waals surface area contributed by atoms with Crippen LogP contribution < -0.4 is 10.5 Å². The lowest BCUT2D eigenvalue weighted by molar-refractivity contribution is 0.340. The van der Waals surface area contributed by atoms with Crippen molar-refractivity contribution >= 4 is 11.3 Å². The van der Waals surface area contributed by atoms with Gasteiger partial charge in [-0.1, -0.05) is 12.1 Å². The molecule has 2 aromatic rings. The van der Waals surface area contributed by atoms with Crippen molar-refractivity contribution in [2.24, 2.45) is 5.73 Å². The van der Waals surface area contributed by atoms with Gasteiger partial charge in [-0.2, -0.15) is 5.26 Å². The summed E-state index contributed by atoms with van der Waals surface area (Å²) in [5, 5.41) is 9.85. The topological polar surface area (TPSA) is 71.9 Å². The highest BCUT2D eigenvalue weighted by atomic mass is 32.1. The van der Waals surface area contributed by atoms with Gasteiger partial charge in [-0.3, -0.25) is 0 Å². The number of aromatic nitrogens is 1. The van der Waals surface area contributed by atoms with E-state index in [2.05, 4.69) is 11.1 Å². The number of nitriles is 1. The highest BCUT2D eigenvalue weighted by Crippen LogP contribution is 2.31. The van der Waals surface area contributed by atoms with Gasteiger partial charge in [0.2, 0.25) is 0 Å². The zero-order valence-electron chi connectivity index (χ0n) is 10.0. The van der Waals surface area contributed by atoms with E-state index < -0.39 is 0 Å². The summed E-state index contributed by atoms with van der Waals surface area (Å²) in [6.45, 7) is 2.91. The first kappa shape index (κ1) is 12.6. The average molecular weight is 259 g/mol. The quantitative estimate of drug-likeness (QED) is 0.915. The molecule has 0 aliphatic heterocycles. The Morgan fingerprint density at radius 2 is 2.33 bits per heavy atom. The minimum Gasteiger partial charge on any atom is -0.494 e. The Bertz CT molecular complexity index is 586. The fraction of sp³-hybridized carbons (Fsp3) is 0.231. The molecule has 0 amide bonds. The van der Waals surface area contributed by atoms with Crippen LogP contribution in [0.1, 0.15) is 17.6 Å². The van der Waals surface area contributed by atoms with E-state index in [4.69, 9.17) is 15.7 Å². The Morgan fingerprint density at radius 1 is 1.50 bits per heavy atom. The van der Waals surface area contributed by atoms with Gasteiger partial charge in [-0.25, -0.2) is 4.98 Å². The van der Waals surface area contributed by atoms with Crippen molar-refractivity contribution in [3.8, 4) is 22.3 Å². The van der Waals surface area contributed by atoms with Gasteiger partial charge in [0.05, 0.1) is 11.5 Å². The molecule has 0 radical (unpaired) electrons. The highest BCUT2D eigenvalue weighted by molar-refractivity contribution is 7.15. The first-order valence-corrected chi connectivity index (χ1v) is 6.43. The smallest absolute Gasteiger partial charge is 0.159 e. The molecule has 0 bridgehead atoms. The van der Waals surface area contributed by atoms with Crippen molar-refractivity contribution in [3.05, 3.63) is 35.0 Å². The Hall–Kier alpha value is -1.90. The molecule has 1 heterocycles. The molecule has 2 rings (SSSR count). The van der Waals surface area contributed by atoms with E-state index >= 15 is 0 Å². The molecule has 1 aromatic carbocycles. The fourth-order valence-electron chi connectivity index (χ4n) is 1.62. The van der Waals surface area contributed by atoms with Gasteiger partial charge in [0.15, 0.2) is 5.69 Å². The summed E-state index contributed by atoms with van der Waals surface area (Å²) < 4.78 is 5.45. The zero-order valence-corrected chi connectivity index (χ0v) is 10.8. The minimum absolute atomic E-state index is 0.352. The lowest BCUT2D eigenvalue weighted by atomic mass is 10.1. The van der Waals surface area contributed by atoms with E-state index in [1.54, 1.807) is 0 Å². The second-order valence-electron chi connectivity index (χ2n) is 3.56. The number of thiazole rings is 1. The molecule has 2 N–H and O–H groups in total. The molecule has 0 atom stereocenters. The molecule has 4 nitrogen and oxygen atoms in total. The summed E-state index contributed by atoms with van der Waals surface area (Å²) in [5.74, 6) is 0.793. The van der Waals surface area contributed by atoms with Crippen LogP contribution >= 0.6 is 11.3 Å². The molecule has 0 saturated carbocycles. The number of benzene rings is 1. The predicted octanol–water partition coefficient (Wildman–Crippen LogP) is 2.54. The van der Waals surface area contributed by atoms with Crippen LogP contribution in [0, 0.1) is 11.3 Å². The molecule has 0 unspecified atom stereocenters. The van der Waals surface area contributed by atoms with Gasteiger partial charge in [0, 0.05) is 6.54 Å².